The Bertz CT molecular complexity index is 398. The van der Waals surface area contributed by atoms with Gasteiger partial charge in [0.05, 0.1) is 4.47 Å². The Kier molecular flexibility index (Phi) is 3.23. The van der Waals surface area contributed by atoms with Crippen LogP contribution < -0.4 is 5.32 Å². The minimum absolute atomic E-state index is 0.617. The first-order valence-electron chi connectivity index (χ1n) is 4.38. The summed E-state index contributed by atoms with van der Waals surface area (Å²) in [5.41, 5.74) is 0. The molecular formula is C8H9BrN6. The number of rotatable bonds is 4. The lowest BCUT2D eigenvalue weighted by Crippen LogP contribution is -2.11. The highest BCUT2D eigenvalue weighted by Crippen LogP contribution is 2.06. The van der Waals surface area contributed by atoms with Crippen molar-refractivity contribution in [2.45, 2.75) is 6.54 Å². The fourth-order valence-corrected chi connectivity index (χ4v) is 1.24. The standard InChI is InChI=1S/C8H9BrN6/c9-7-3-11-8(12-4-7)10-1-2-15-5-13-14-6-15/h3-6H,1-2H2,(H,10,11,12). The molecule has 0 saturated heterocycles. The molecule has 7 heteroatoms. The quantitative estimate of drug-likeness (QED) is 0.894. The predicted molar refractivity (Wildman–Crippen MR) is 58.2 cm³/mol. The molecule has 0 amide bonds. The summed E-state index contributed by atoms with van der Waals surface area (Å²) in [4.78, 5) is 8.18. The van der Waals surface area contributed by atoms with Gasteiger partial charge in [0.15, 0.2) is 0 Å². The van der Waals surface area contributed by atoms with E-state index in [9.17, 15) is 0 Å². The number of hydrogen-bond acceptors (Lipinski definition) is 5. The summed E-state index contributed by atoms with van der Waals surface area (Å²) in [6.07, 6.45) is 6.75. The molecule has 0 atom stereocenters. The Morgan fingerprint density at radius 3 is 2.53 bits per heavy atom. The van der Waals surface area contributed by atoms with Gasteiger partial charge in [0, 0.05) is 25.5 Å². The molecule has 0 aliphatic heterocycles. The molecule has 0 aliphatic rings. The number of halogens is 1. The molecule has 2 heterocycles. The van der Waals surface area contributed by atoms with Gasteiger partial charge < -0.3 is 9.88 Å². The van der Waals surface area contributed by atoms with Crippen molar-refractivity contribution in [2.75, 3.05) is 11.9 Å². The summed E-state index contributed by atoms with van der Waals surface area (Å²) in [7, 11) is 0. The van der Waals surface area contributed by atoms with E-state index in [-0.39, 0.29) is 0 Å². The van der Waals surface area contributed by atoms with Gasteiger partial charge in [-0.1, -0.05) is 0 Å². The third kappa shape index (κ3) is 2.98. The van der Waals surface area contributed by atoms with Crippen LogP contribution in [0, 0.1) is 0 Å². The summed E-state index contributed by atoms with van der Waals surface area (Å²) < 4.78 is 2.75. The molecule has 0 radical (unpaired) electrons. The van der Waals surface area contributed by atoms with Crippen LogP contribution in [0.2, 0.25) is 0 Å². The maximum Gasteiger partial charge on any atom is 0.222 e. The fraction of sp³-hybridized carbons (Fsp3) is 0.250. The molecule has 2 aromatic heterocycles. The number of nitrogens with one attached hydrogen (secondary N) is 1. The van der Waals surface area contributed by atoms with E-state index in [1.807, 2.05) is 4.57 Å². The van der Waals surface area contributed by atoms with Gasteiger partial charge in [-0.3, -0.25) is 0 Å². The molecule has 1 N–H and O–H groups in total. The second-order valence-corrected chi connectivity index (χ2v) is 3.77. The zero-order valence-corrected chi connectivity index (χ0v) is 9.42. The molecule has 78 valence electrons. The molecule has 6 nitrogen and oxygen atoms in total. The molecule has 0 aliphatic carbocycles. The van der Waals surface area contributed by atoms with E-state index in [1.165, 1.54) is 0 Å². The van der Waals surface area contributed by atoms with E-state index in [4.69, 9.17) is 0 Å². The Balaban J connectivity index is 1.81. The smallest absolute Gasteiger partial charge is 0.222 e. The van der Waals surface area contributed by atoms with Crippen molar-refractivity contribution in [1.82, 2.24) is 24.7 Å². The van der Waals surface area contributed by atoms with E-state index in [0.29, 0.717) is 5.95 Å². The second-order valence-electron chi connectivity index (χ2n) is 2.85. The van der Waals surface area contributed by atoms with Gasteiger partial charge >= 0.3 is 0 Å². The summed E-state index contributed by atoms with van der Waals surface area (Å²) in [6.45, 7) is 1.52. The first-order chi connectivity index (χ1) is 7.34. The average molecular weight is 269 g/mol. The molecule has 0 fully saturated rings. The lowest BCUT2D eigenvalue weighted by Gasteiger charge is -2.04. The number of aromatic nitrogens is 5. The molecular weight excluding hydrogens is 260 g/mol. The molecule has 2 rings (SSSR count). The predicted octanol–water partition coefficient (Wildman–Crippen LogP) is 0.943. The highest BCUT2D eigenvalue weighted by atomic mass is 79.9. The molecule has 0 unspecified atom stereocenters. The summed E-state index contributed by atoms with van der Waals surface area (Å²) in [5, 5.41) is 10.5. The van der Waals surface area contributed by atoms with Crippen molar-refractivity contribution in [3.05, 3.63) is 29.5 Å². The zero-order valence-electron chi connectivity index (χ0n) is 7.84. The second kappa shape index (κ2) is 4.83. The fourth-order valence-electron chi connectivity index (χ4n) is 1.04. The van der Waals surface area contributed by atoms with Gasteiger partial charge in [-0.05, 0) is 15.9 Å². The highest BCUT2D eigenvalue weighted by Gasteiger charge is 1.95. The summed E-state index contributed by atoms with van der Waals surface area (Å²) in [6, 6.07) is 0. The van der Waals surface area contributed by atoms with Crippen LogP contribution in [0.3, 0.4) is 0 Å². The van der Waals surface area contributed by atoms with Crippen LogP contribution in [0.15, 0.2) is 29.5 Å². The lowest BCUT2D eigenvalue weighted by molar-refractivity contribution is 0.720. The van der Waals surface area contributed by atoms with E-state index >= 15 is 0 Å². The SMILES string of the molecule is Brc1cnc(NCCn2cnnc2)nc1. The van der Waals surface area contributed by atoms with Crippen molar-refractivity contribution < 1.29 is 0 Å². The average Bonchev–Trinajstić information content (AvgIpc) is 2.74. The van der Waals surface area contributed by atoms with Crippen LogP contribution in [0.4, 0.5) is 5.95 Å². The van der Waals surface area contributed by atoms with Crippen molar-refractivity contribution in [1.29, 1.82) is 0 Å². The summed E-state index contributed by atoms with van der Waals surface area (Å²) in [5.74, 6) is 0.617. The Hall–Kier alpha value is -1.50. The number of hydrogen-bond donors (Lipinski definition) is 1. The third-order valence-corrected chi connectivity index (χ3v) is 2.15. The maximum absolute atomic E-state index is 4.09. The monoisotopic (exact) mass is 268 g/mol. The van der Waals surface area contributed by atoms with Crippen molar-refractivity contribution in [3.63, 3.8) is 0 Å². The first-order valence-corrected chi connectivity index (χ1v) is 5.18. The molecule has 0 saturated carbocycles. The Labute approximate surface area is 94.9 Å². The molecule has 0 aromatic carbocycles. The van der Waals surface area contributed by atoms with Gasteiger partial charge in [-0.25, -0.2) is 9.97 Å². The van der Waals surface area contributed by atoms with Crippen molar-refractivity contribution in [2.24, 2.45) is 0 Å². The molecule has 0 spiro atoms. The van der Waals surface area contributed by atoms with E-state index in [0.717, 1.165) is 17.6 Å². The van der Waals surface area contributed by atoms with Gasteiger partial charge in [0.25, 0.3) is 0 Å². The molecule has 15 heavy (non-hydrogen) atoms. The van der Waals surface area contributed by atoms with Crippen LogP contribution in [0.1, 0.15) is 0 Å². The number of anilines is 1. The Morgan fingerprint density at radius 2 is 1.87 bits per heavy atom. The van der Waals surface area contributed by atoms with E-state index in [2.05, 4.69) is 41.4 Å². The van der Waals surface area contributed by atoms with Gasteiger partial charge in [-0.2, -0.15) is 0 Å². The van der Waals surface area contributed by atoms with Crippen LogP contribution in [-0.2, 0) is 6.54 Å². The van der Waals surface area contributed by atoms with Crippen molar-refractivity contribution in [3.8, 4) is 0 Å². The minimum atomic E-state index is 0.617. The largest absolute Gasteiger partial charge is 0.352 e. The van der Waals surface area contributed by atoms with Crippen molar-refractivity contribution >= 4 is 21.9 Å². The van der Waals surface area contributed by atoms with Crippen LogP contribution in [0.25, 0.3) is 0 Å². The maximum atomic E-state index is 4.09. The van der Waals surface area contributed by atoms with Crippen LogP contribution >= 0.6 is 15.9 Å². The highest BCUT2D eigenvalue weighted by molar-refractivity contribution is 9.10. The molecule has 0 bridgehead atoms. The normalized spacial score (nSPS) is 10.2. The van der Waals surface area contributed by atoms with Crippen LogP contribution in [-0.4, -0.2) is 31.3 Å². The topological polar surface area (TPSA) is 68.5 Å². The van der Waals surface area contributed by atoms with Gasteiger partial charge in [0.1, 0.15) is 12.7 Å². The third-order valence-electron chi connectivity index (χ3n) is 1.74. The number of nitrogens with zero attached hydrogens (tertiary/aromatic N) is 5. The van der Waals surface area contributed by atoms with Gasteiger partial charge in [-0.15, -0.1) is 10.2 Å². The lowest BCUT2D eigenvalue weighted by atomic mass is 10.6. The van der Waals surface area contributed by atoms with Gasteiger partial charge in [0.2, 0.25) is 5.95 Å². The summed E-state index contributed by atoms with van der Waals surface area (Å²) >= 11 is 3.27. The van der Waals surface area contributed by atoms with E-state index in [1.54, 1.807) is 25.0 Å². The van der Waals surface area contributed by atoms with Crippen LogP contribution in [0.5, 0.6) is 0 Å². The first kappa shape index (κ1) is 10.0. The minimum Gasteiger partial charge on any atom is -0.352 e. The Morgan fingerprint density at radius 1 is 1.20 bits per heavy atom. The zero-order chi connectivity index (χ0) is 10.5. The van der Waals surface area contributed by atoms with E-state index < -0.39 is 0 Å². The molecule has 2 aromatic rings.